The number of ether oxygens (including phenoxy) is 1. The summed E-state index contributed by atoms with van der Waals surface area (Å²) in [4.78, 5) is 9.15. The van der Waals surface area contributed by atoms with Crippen LogP contribution in [0.15, 0.2) is 45.9 Å². The average Bonchev–Trinajstić information content (AvgIpc) is 3.39. The first-order valence-electron chi connectivity index (χ1n) is 9.42. The van der Waals surface area contributed by atoms with E-state index in [1.54, 1.807) is 43.7 Å². The van der Waals surface area contributed by atoms with Gasteiger partial charge in [0.1, 0.15) is 5.52 Å². The zero-order chi connectivity index (χ0) is 20.3. The first-order valence-corrected chi connectivity index (χ1v) is 10.9. The van der Waals surface area contributed by atoms with Crippen molar-refractivity contribution in [2.24, 2.45) is 0 Å². The number of methoxy groups -OCH3 is 1. The number of hydrogen-bond donors (Lipinski definition) is 3. The molecule has 0 spiro atoms. The standard InChI is InChI=1S/C19H23N5O4S/c1-27-11-2-10-20-29(25,26)15-7-5-14(6-8-15)22-19-23-16-9-12-28-17(16)18(24-19)21-13-3-4-13/h5-9,12-13,20H,2-4,10-11H2,1H3,(H2,21,22,23,24). The Bertz CT molecular complexity index is 1080. The zero-order valence-corrected chi connectivity index (χ0v) is 16.8. The van der Waals surface area contributed by atoms with Crippen LogP contribution in [0.2, 0.25) is 0 Å². The Morgan fingerprint density at radius 2 is 1.97 bits per heavy atom. The minimum atomic E-state index is -3.55. The van der Waals surface area contributed by atoms with Gasteiger partial charge in [0.25, 0.3) is 0 Å². The maximum absolute atomic E-state index is 12.3. The molecule has 1 aromatic carbocycles. The molecule has 0 atom stereocenters. The van der Waals surface area contributed by atoms with Crippen molar-refractivity contribution in [1.82, 2.24) is 14.7 Å². The lowest BCUT2D eigenvalue weighted by Crippen LogP contribution is -2.25. The van der Waals surface area contributed by atoms with Crippen LogP contribution in [0.1, 0.15) is 19.3 Å². The summed E-state index contributed by atoms with van der Waals surface area (Å²) in [6.07, 6.45) is 4.43. The van der Waals surface area contributed by atoms with E-state index in [1.807, 2.05) is 0 Å². The Morgan fingerprint density at radius 1 is 1.17 bits per heavy atom. The molecule has 0 unspecified atom stereocenters. The van der Waals surface area contributed by atoms with Gasteiger partial charge < -0.3 is 19.8 Å². The lowest BCUT2D eigenvalue weighted by molar-refractivity contribution is 0.196. The molecule has 3 aromatic rings. The molecule has 0 bridgehead atoms. The van der Waals surface area contributed by atoms with Crippen LogP contribution in [0, 0.1) is 0 Å². The molecule has 2 aromatic heterocycles. The summed E-state index contributed by atoms with van der Waals surface area (Å²) in [7, 11) is -1.97. The van der Waals surface area contributed by atoms with Crippen molar-refractivity contribution in [3.8, 4) is 0 Å². The molecule has 1 aliphatic carbocycles. The molecule has 1 saturated carbocycles. The van der Waals surface area contributed by atoms with Crippen molar-refractivity contribution in [3.63, 3.8) is 0 Å². The number of aromatic nitrogens is 2. The number of anilines is 3. The lowest BCUT2D eigenvalue weighted by Gasteiger charge is -2.10. The van der Waals surface area contributed by atoms with Crippen LogP contribution >= 0.6 is 0 Å². The van der Waals surface area contributed by atoms with Gasteiger partial charge in [-0.15, -0.1) is 0 Å². The third-order valence-electron chi connectivity index (χ3n) is 4.46. The Hall–Kier alpha value is -2.69. The highest BCUT2D eigenvalue weighted by atomic mass is 32.2. The number of sulfonamides is 1. The van der Waals surface area contributed by atoms with Gasteiger partial charge in [0.2, 0.25) is 16.0 Å². The summed E-state index contributed by atoms with van der Waals surface area (Å²) < 4.78 is 37.6. The van der Waals surface area contributed by atoms with Crippen molar-refractivity contribution in [2.75, 3.05) is 30.9 Å². The zero-order valence-electron chi connectivity index (χ0n) is 16.0. The minimum absolute atomic E-state index is 0.197. The number of rotatable bonds is 10. The maximum atomic E-state index is 12.3. The second kappa shape index (κ2) is 8.36. The largest absolute Gasteiger partial charge is 0.459 e. The van der Waals surface area contributed by atoms with Gasteiger partial charge in [-0.25, -0.2) is 18.1 Å². The van der Waals surface area contributed by atoms with Crippen molar-refractivity contribution in [2.45, 2.75) is 30.2 Å². The molecule has 0 amide bonds. The summed E-state index contributed by atoms with van der Waals surface area (Å²) in [6.45, 7) is 0.829. The molecular weight excluding hydrogens is 394 g/mol. The van der Waals surface area contributed by atoms with Crippen LogP contribution < -0.4 is 15.4 Å². The monoisotopic (exact) mass is 417 g/mol. The highest BCUT2D eigenvalue weighted by Gasteiger charge is 2.23. The first-order chi connectivity index (χ1) is 14.0. The van der Waals surface area contributed by atoms with E-state index in [0.717, 1.165) is 12.8 Å². The summed E-state index contributed by atoms with van der Waals surface area (Å²) in [5, 5.41) is 6.47. The molecule has 9 nitrogen and oxygen atoms in total. The Kier molecular flexibility index (Phi) is 5.65. The highest BCUT2D eigenvalue weighted by Crippen LogP contribution is 2.30. The second-order valence-corrected chi connectivity index (χ2v) is 8.61. The molecule has 1 fully saturated rings. The van der Waals surface area contributed by atoms with E-state index in [9.17, 15) is 8.42 Å². The molecule has 1 aliphatic rings. The fraction of sp³-hybridized carbons (Fsp3) is 0.368. The normalized spacial score (nSPS) is 14.2. The third-order valence-corrected chi connectivity index (χ3v) is 5.94. The quantitative estimate of drug-likeness (QED) is 0.431. The number of furan rings is 1. The molecule has 3 N–H and O–H groups in total. The first kappa shape index (κ1) is 19.6. The summed E-state index contributed by atoms with van der Waals surface area (Å²) in [5.41, 5.74) is 2.01. The number of hydrogen-bond acceptors (Lipinski definition) is 8. The van der Waals surface area contributed by atoms with Crippen molar-refractivity contribution in [3.05, 3.63) is 36.6 Å². The molecule has 2 heterocycles. The topological polar surface area (TPSA) is 118 Å². The Labute approximate surface area is 168 Å². The predicted octanol–water partition coefficient (Wildman–Crippen LogP) is 2.86. The van der Waals surface area contributed by atoms with E-state index in [1.165, 1.54) is 0 Å². The van der Waals surface area contributed by atoms with Crippen LogP contribution in [0.5, 0.6) is 0 Å². The van der Waals surface area contributed by atoms with E-state index in [-0.39, 0.29) is 4.90 Å². The molecular formula is C19H23N5O4S. The highest BCUT2D eigenvalue weighted by molar-refractivity contribution is 7.89. The van der Waals surface area contributed by atoms with E-state index in [4.69, 9.17) is 9.15 Å². The van der Waals surface area contributed by atoms with Gasteiger partial charge in [-0.1, -0.05) is 0 Å². The molecule has 4 rings (SSSR count). The molecule has 154 valence electrons. The van der Waals surface area contributed by atoms with Crippen molar-refractivity contribution >= 4 is 38.6 Å². The molecule has 29 heavy (non-hydrogen) atoms. The fourth-order valence-corrected chi connectivity index (χ4v) is 3.87. The van der Waals surface area contributed by atoms with Crippen LogP contribution in [-0.4, -0.2) is 44.7 Å². The predicted molar refractivity (Wildman–Crippen MR) is 110 cm³/mol. The smallest absolute Gasteiger partial charge is 0.240 e. The van der Waals surface area contributed by atoms with Crippen molar-refractivity contribution in [1.29, 1.82) is 0 Å². The Morgan fingerprint density at radius 3 is 2.69 bits per heavy atom. The van der Waals surface area contributed by atoms with E-state index in [2.05, 4.69) is 25.3 Å². The van der Waals surface area contributed by atoms with Gasteiger partial charge in [0.15, 0.2) is 11.4 Å². The summed E-state index contributed by atoms with van der Waals surface area (Å²) >= 11 is 0. The lowest BCUT2D eigenvalue weighted by atomic mass is 10.3. The fourth-order valence-electron chi connectivity index (χ4n) is 2.79. The molecule has 0 saturated heterocycles. The summed E-state index contributed by atoms with van der Waals surface area (Å²) in [6, 6.07) is 8.65. The molecule has 0 radical (unpaired) electrons. The van der Waals surface area contributed by atoms with Gasteiger partial charge in [-0.2, -0.15) is 4.98 Å². The second-order valence-electron chi connectivity index (χ2n) is 6.84. The number of benzene rings is 1. The third kappa shape index (κ3) is 4.84. The van der Waals surface area contributed by atoms with Crippen molar-refractivity contribution < 1.29 is 17.6 Å². The number of nitrogens with zero attached hydrogens (tertiary/aromatic N) is 2. The molecule has 0 aliphatic heterocycles. The summed E-state index contributed by atoms with van der Waals surface area (Å²) in [5.74, 6) is 1.07. The van der Waals surface area contributed by atoms with Gasteiger partial charge in [0.05, 0.1) is 11.2 Å². The number of nitrogens with one attached hydrogen (secondary N) is 3. The van der Waals surface area contributed by atoms with Crippen LogP contribution in [-0.2, 0) is 14.8 Å². The SMILES string of the molecule is COCCCNS(=O)(=O)c1ccc(Nc2nc(NC3CC3)c3occc3n2)cc1. The van der Waals surface area contributed by atoms with Gasteiger partial charge >= 0.3 is 0 Å². The maximum Gasteiger partial charge on any atom is 0.240 e. The minimum Gasteiger partial charge on any atom is -0.459 e. The van der Waals surface area contributed by atoms with E-state index < -0.39 is 10.0 Å². The van der Waals surface area contributed by atoms with Crippen LogP contribution in [0.4, 0.5) is 17.5 Å². The van der Waals surface area contributed by atoms with E-state index in [0.29, 0.717) is 54.2 Å². The van der Waals surface area contributed by atoms with Gasteiger partial charge in [0, 0.05) is 38.1 Å². The van der Waals surface area contributed by atoms with Crippen LogP contribution in [0.25, 0.3) is 11.1 Å². The number of fused-ring (bicyclic) bond motifs is 1. The molecule has 10 heteroatoms. The van der Waals surface area contributed by atoms with E-state index >= 15 is 0 Å². The Balaban J connectivity index is 1.47. The van der Waals surface area contributed by atoms with Gasteiger partial charge in [-0.3, -0.25) is 0 Å². The van der Waals surface area contributed by atoms with Gasteiger partial charge in [-0.05, 0) is 43.5 Å². The van der Waals surface area contributed by atoms with Crippen LogP contribution in [0.3, 0.4) is 0 Å². The average molecular weight is 417 g/mol.